The fourth-order valence-corrected chi connectivity index (χ4v) is 4.92. The maximum absolute atomic E-state index is 13.3. The van der Waals surface area contributed by atoms with Crippen LogP contribution in [0.2, 0.25) is 0 Å². The summed E-state index contributed by atoms with van der Waals surface area (Å²) in [6.45, 7) is 4.84. The molecule has 0 bridgehead atoms. The molecular weight excluding hydrogens is 355 g/mol. The lowest BCUT2D eigenvalue weighted by Gasteiger charge is -2.34. The summed E-state index contributed by atoms with van der Waals surface area (Å²) in [6.07, 6.45) is 8.19. The molecule has 1 aromatic rings. The number of nitrogens with zero attached hydrogens (tertiary/aromatic N) is 1. The normalized spacial score (nSPS) is 24.2. The summed E-state index contributed by atoms with van der Waals surface area (Å²) in [4.78, 5) is 26.3. The van der Waals surface area contributed by atoms with Crippen LogP contribution in [0, 0.1) is 30.5 Å². The van der Waals surface area contributed by atoms with Gasteiger partial charge in [0.2, 0.25) is 5.91 Å². The Morgan fingerprint density at radius 1 is 1.07 bits per heavy atom. The molecule has 2 aliphatic rings. The van der Waals surface area contributed by atoms with E-state index in [4.69, 9.17) is 5.73 Å². The Balaban J connectivity index is 1.39. The van der Waals surface area contributed by atoms with Crippen LogP contribution in [-0.4, -0.2) is 36.2 Å². The molecule has 0 aromatic heterocycles. The van der Waals surface area contributed by atoms with Crippen LogP contribution in [-0.2, 0) is 4.79 Å². The van der Waals surface area contributed by atoms with Crippen LogP contribution in [0.4, 0.5) is 4.39 Å². The maximum Gasteiger partial charge on any atom is 0.217 e. The van der Waals surface area contributed by atoms with Crippen LogP contribution in [0.5, 0.6) is 0 Å². The molecule has 0 spiro atoms. The number of Topliss-reactive ketones (excluding diaryl/α,β-unsaturated/α-hetero) is 1. The van der Waals surface area contributed by atoms with Gasteiger partial charge in [-0.2, -0.15) is 0 Å². The molecule has 1 amide bonds. The number of piperidine rings is 1. The van der Waals surface area contributed by atoms with Crippen LogP contribution in [0.3, 0.4) is 0 Å². The zero-order chi connectivity index (χ0) is 20.1. The van der Waals surface area contributed by atoms with Crippen molar-refractivity contribution in [2.24, 2.45) is 23.5 Å². The molecule has 1 saturated heterocycles. The zero-order valence-electron chi connectivity index (χ0n) is 17.0. The van der Waals surface area contributed by atoms with Gasteiger partial charge >= 0.3 is 0 Å². The van der Waals surface area contributed by atoms with Gasteiger partial charge in [-0.25, -0.2) is 4.39 Å². The van der Waals surface area contributed by atoms with Crippen molar-refractivity contribution >= 4 is 11.7 Å². The molecule has 0 unspecified atom stereocenters. The average Bonchev–Trinajstić information content (AvgIpc) is 2.67. The Hall–Kier alpha value is -1.75. The first kappa shape index (κ1) is 21.0. The van der Waals surface area contributed by atoms with E-state index in [0.717, 1.165) is 56.8 Å². The van der Waals surface area contributed by atoms with Gasteiger partial charge < -0.3 is 10.6 Å². The van der Waals surface area contributed by atoms with Crippen molar-refractivity contribution in [1.82, 2.24) is 4.90 Å². The molecule has 0 atom stereocenters. The third-order valence-electron chi connectivity index (χ3n) is 6.72. The number of ketones is 1. The monoisotopic (exact) mass is 388 g/mol. The number of benzene rings is 1. The summed E-state index contributed by atoms with van der Waals surface area (Å²) in [5.41, 5.74) is 6.72. The molecule has 28 heavy (non-hydrogen) atoms. The molecule has 1 aliphatic heterocycles. The van der Waals surface area contributed by atoms with E-state index in [9.17, 15) is 14.0 Å². The fraction of sp³-hybridized carbons (Fsp3) is 0.652. The van der Waals surface area contributed by atoms with Crippen molar-refractivity contribution in [1.29, 1.82) is 0 Å². The number of primary amides is 1. The van der Waals surface area contributed by atoms with Crippen LogP contribution in [0.25, 0.3) is 0 Å². The number of rotatable bonds is 7. The predicted octanol–water partition coefficient (Wildman–Crippen LogP) is 4.10. The molecule has 2 N–H and O–H groups in total. The molecule has 1 heterocycles. The van der Waals surface area contributed by atoms with E-state index in [0.29, 0.717) is 17.9 Å². The van der Waals surface area contributed by atoms with E-state index in [-0.39, 0.29) is 23.4 Å². The summed E-state index contributed by atoms with van der Waals surface area (Å²) in [5, 5.41) is 0. The quantitative estimate of drug-likeness (QED) is 0.715. The van der Waals surface area contributed by atoms with Gasteiger partial charge in [0.1, 0.15) is 5.82 Å². The van der Waals surface area contributed by atoms with Crippen LogP contribution in [0.15, 0.2) is 18.2 Å². The van der Waals surface area contributed by atoms with E-state index in [1.165, 1.54) is 31.4 Å². The second-order valence-corrected chi connectivity index (χ2v) is 8.79. The second kappa shape index (κ2) is 9.64. The lowest BCUT2D eigenvalue weighted by molar-refractivity contribution is -0.119. The number of halogens is 1. The highest BCUT2D eigenvalue weighted by Gasteiger charge is 2.28. The lowest BCUT2D eigenvalue weighted by atomic mass is 9.79. The van der Waals surface area contributed by atoms with Crippen molar-refractivity contribution in [3.8, 4) is 0 Å². The molecule has 1 aliphatic carbocycles. The Kier molecular flexibility index (Phi) is 7.22. The van der Waals surface area contributed by atoms with Gasteiger partial charge in [-0.05, 0) is 94.3 Å². The second-order valence-electron chi connectivity index (χ2n) is 8.79. The Morgan fingerprint density at radius 2 is 1.71 bits per heavy atom. The molecule has 3 rings (SSSR count). The molecule has 154 valence electrons. The minimum Gasteiger partial charge on any atom is -0.370 e. The van der Waals surface area contributed by atoms with Crippen LogP contribution >= 0.6 is 0 Å². The standard InChI is InChI=1S/C23H33FN2O2/c1-16-14-20(24)6-7-21(16)23(28)19-9-12-26(13-10-19)11-8-17-2-4-18(5-3-17)15-22(25)27/h6-7,14,17-19H,2-5,8-13,15H2,1H3,(H2,25,27). The molecule has 1 aromatic carbocycles. The fourth-order valence-electron chi connectivity index (χ4n) is 4.92. The predicted molar refractivity (Wildman–Crippen MR) is 109 cm³/mol. The minimum atomic E-state index is -0.285. The number of hydrogen-bond acceptors (Lipinski definition) is 3. The van der Waals surface area contributed by atoms with Crippen LogP contribution < -0.4 is 5.73 Å². The van der Waals surface area contributed by atoms with Crippen LogP contribution in [0.1, 0.15) is 67.3 Å². The van der Waals surface area contributed by atoms with E-state index >= 15 is 0 Å². The van der Waals surface area contributed by atoms with Gasteiger partial charge in [0.15, 0.2) is 5.78 Å². The first-order valence-corrected chi connectivity index (χ1v) is 10.7. The Labute approximate surface area is 167 Å². The number of amides is 1. The zero-order valence-corrected chi connectivity index (χ0v) is 17.0. The SMILES string of the molecule is Cc1cc(F)ccc1C(=O)C1CCN(CCC2CCC(CC(N)=O)CC2)CC1. The highest BCUT2D eigenvalue weighted by Crippen LogP contribution is 2.33. The first-order chi connectivity index (χ1) is 13.4. The summed E-state index contributed by atoms with van der Waals surface area (Å²) in [7, 11) is 0. The molecule has 0 radical (unpaired) electrons. The van der Waals surface area contributed by atoms with E-state index < -0.39 is 0 Å². The summed E-state index contributed by atoms with van der Waals surface area (Å²) in [5.74, 6) is 1.02. The summed E-state index contributed by atoms with van der Waals surface area (Å²) < 4.78 is 13.3. The molecule has 1 saturated carbocycles. The van der Waals surface area contributed by atoms with E-state index in [1.54, 1.807) is 6.07 Å². The van der Waals surface area contributed by atoms with Crippen molar-refractivity contribution in [2.45, 2.75) is 58.3 Å². The highest BCUT2D eigenvalue weighted by molar-refractivity contribution is 5.99. The van der Waals surface area contributed by atoms with Crippen molar-refractivity contribution in [3.05, 3.63) is 35.1 Å². The Morgan fingerprint density at radius 3 is 2.32 bits per heavy atom. The van der Waals surface area contributed by atoms with Gasteiger partial charge in [0, 0.05) is 17.9 Å². The average molecular weight is 389 g/mol. The summed E-state index contributed by atoms with van der Waals surface area (Å²) >= 11 is 0. The number of hydrogen-bond donors (Lipinski definition) is 1. The number of carbonyl (C=O) groups excluding carboxylic acids is 2. The number of carbonyl (C=O) groups is 2. The smallest absolute Gasteiger partial charge is 0.217 e. The highest BCUT2D eigenvalue weighted by atomic mass is 19.1. The van der Waals surface area contributed by atoms with Gasteiger partial charge in [-0.15, -0.1) is 0 Å². The summed E-state index contributed by atoms with van der Waals surface area (Å²) in [6, 6.07) is 4.46. The lowest BCUT2D eigenvalue weighted by Crippen LogP contribution is -2.37. The van der Waals surface area contributed by atoms with E-state index in [1.807, 2.05) is 6.92 Å². The minimum absolute atomic E-state index is 0.0599. The maximum atomic E-state index is 13.3. The third-order valence-corrected chi connectivity index (χ3v) is 6.72. The van der Waals surface area contributed by atoms with E-state index in [2.05, 4.69) is 4.90 Å². The topological polar surface area (TPSA) is 63.4 Å². The number of likely N-dealkylation sites (tertiary alicyclic amines) is 1. The number of nitrogens with two attached hydrogens (primary N) is 1. The number of aryl methyl sites for hydroxylation is 1. The van der Waals surface area contributed by atoms with Crippen molar-refractivity contribution < 1.29 is 14.0 Å². The first-order valence-electron chi connectivity index (χ1n) is 10.7. The molecule has 4 nitrogen and oxygen atoms in total. The van der Waals surface area contributed by atoms with Crippen molar-refractivity contribution in [3.63, 3.8) is 0 Å². The van der Waals surface area contributed by atoms with Gasteiger partial charge in [0.25, 0.3) is 0 Å². The third kappa shape index (κ3) is 5.63. The largest absolute Gasteiger partial charge is 0.370 e. The van der Waals surface area contributed by atoms with Gasteiger partial charge in [0.05, 0.1) is 0 Å². The van der Waals surface area contributed by atoms with Crippen molar-refractivity contribution in [2.75, 3.05) is 19.6 Å². The van der Waals surface area contributed by atoms with Gasteiger partial charge in [-0.1, -0.05) is 12.8 Å². The van der Waals surface area contributed by atoms with Gasteiger partial charge in [-0.3, -0.25) is 9.59 Å². The molecular formula is C23H33FN2O2. The molecule has 5 heteroatoms. The molecule has 2 fully saturated rings. The Bertz CT molecular complexity index is 690.